The van der Waals surface area contributed by atoms with Crippen LogP contribution in [-0.2, 0) is 10.8 Å². The van der Waals surface area contributed by atoms with Gasteiger partial charge in [0.1, 0.15) is 23.9 Å². The monoisotopic (exact) mass is 624 g/mol. The molecule has 3 aromatic rings. The molecule has 1 aromatic heterocycles. The second kappa shape index (κ2) is 13.2. The minimum absolute atomic E-state index is 0.0540. The summed E-state index contributed by atoms with van der Waals surface area (Å²) < 4.78 is 6.36. The van der Waals surface area contributed by atoms with Gasteiger partial charge < -0.3 is 14.7 Å². The number of imide groups is 1. The molecule has 1 saturated heterocycles. The average molecular weight is 625 g/mol. The molecule has 3 aliphatic rings. The molecular weight excluding hydrogens is 576 g/mol. The number of aromatic nitrogens is 1. The third kappa shape index (κ3) is 6.42. The quantitative estimate of drug-likeness (QED) is 0.205. The van der Waals surface area contributed by atoms with Crippen LogP contribution in [0.1, 0.15) is 91.6 Å². The number of amides is 2. The number of carbonyl (C=O) groups is 2. The lowest BCUT2D eigenvalue weighted by molar-refractivity contribution is 0.0631. The number of pyridine rings is 1. The van der Waals surface area contributed by atoms with E-state index in [9.17, 15) is 9.59 Å². The number of aliphatic hydroxyl groups is 1. The van der Waals surface area contributed by atoms with Crippen LogP contribution in [-0.4, -0.2) is 84.2 Å². The van der Waals surface area contributed by atoms with Gasteiger partial charge in [-0.2, -0.15) is 0 Å². The van der Waals surface area contributed by atoms with Gasteiger partial charge in [0, 0.05) is 38.3 Å². The highest BCUT2D eigenvalue weighted by molar-refractivity contribution is 6.21. The van der Waals surface area contributed by atoms with Gasteiger partial charge in [-0.1, -0.05) is 52.0 Å². The molecule has 0 atom stereocenters. The number of nitrogens with zero attached hydrogens (tertiary/aromatic N) is 4. The van der Waals surface area contributed by atoms with Crippen LogP contribution in [0.4, 0.5) is 5.82 Å². The molecule has 0 saturated carbocycles. The van der Waals surface area contributed by atoms with Crippen LogP contribution in [0.3, 0.4) is 0 Å². The summed E-state index contributed by atoms with van der Waals surface area (Å²) in [5.74, 6) is 1.03. The number of piperazine rings is 1. The van der Waals surface area contributed by atoms with Gasteiger partial charge in [0.2, 0.25) is 0 Å². The Hall–Kier alpha value is -3.75. The highest BCUT2D eigenvalue weighted by Crippen LogP contribution is 2.47. The third-order valence-corrected chi connectivity index (χ3v) is 10.2. The van der Waals surface area contributed by atoms with Crippen molar-refractivity contribution in [3.8, 4) is 17.0 Å². The standard InChI is InChI=1S/C38H48N4O4/c1-37(2)16-17-38(3,4)31-26-27(12-13-30(31)37)34-32(46-25-23-42-35(44)28-10-6-7-11-29(28)36(42)45)14-15-33(39-34)41-21-19-40(20-22-41)18-8-5-9-24-43/h6-7,10-15,26,43H,5,8-9,16-25H2,1-4H3. The lowest BCUT2D eigenvalue weighted by Gasteiger charge is -2.42. The van der Waals surface area contributed by atoms with E-state index in [2.05, 4.69) is 55.7 Å². The molecule has 2 aliphatic heterocycles. The Morgan fingerprint density at radius 3 is 2.13 bits per heavy atom. The van der Waals surface area contributed by atoms with Gasteiger partial charge >= 0.3 is 0 Å². The van der Waals surface area contributed by atoms with Gasteiger partial charge in [-0.25, -0.2) is 4.98 Å². The van der Waals surface area contributed by atoms with Crippen molar-refractivity contribution in [3.05, 3.63) is 76.9 Å². The molecule has 2 amide bonds. The topological polar surface area (TPSA) is 86.2 Å². The molecule has 0 radical (unpaired) electrons. The largest absolute Gasteiger partial charge is 0.489 e. The number of fused-ring (bicyclic) bond motifs is 2. The van der Waals surface area contributed by atoms with Crippen LogP contribution < -0.4 is 9.64 Å². The van der Waals surface area contributed by atoms with Crippen molar-refractivity contribution in [2.24, 2.45) is 0 Å². The summed E-state index contributed by atoms with van der Waals surface area (Å²) in [6.07, 6.45) is 5.32. The van der Waals surface area contributed by atoms with Gasteiger partial charge in [0.25, 0.3) is 11.8 Å². The van der Waals surface area contributed by atoms with E-state index in [0.29, 0.717) is 16.9 Å². The number of hydrogen-bond donors (Lipinski definition) is 1. The maximum Gasteiger partial charge on any atom is 0.261 e. The molecule has 0 unspecified atom stereocenters. The van der Waals surface area contributed by atoms with Crippen LogP contribution in [0, 0.1) is 0 Å². The predicted molar refractivity (Wildman–Crippen MR) is 182 cm³/mol. The second-order valence-corrected chi connectivity index (χ2v) is 14.3. The fourth-order valence-corrected chi connectivity index (χ4v) is 7.19. The molecule has 1 N–H and O–H groups in total. The summed E-state index contributed by atoms with van der Waals surface area (Å²) in [4.78, 5) is 37.2. The fraction of sp³-hybridized carbons (Fsp3) is 0.500. The molecule has 1 aliphatic carbocycles. The average Bonchev–Trinajstić information content (AvgIpc) is 3.30. The summed E-state index contributed by atoms with van der Waals surface area (Å²) >= 11 is 0. The van der Waals surface area contributed by atoms with E-state index in [4.69, 9.17) is 14.8 Å². The Morgan fingerprint density at radius 2 is 1.46 bits per heavy atom. The van der Waals surface area contributed by atoms with Gasteiger partial charge in [0.15, 0.2) is 0 Å². The first-order valence-corrected chi connectivity index (χ1v) is 16.9. The highest BCUT2D eigenvalue weighted by Gasteiger charge is 2.38. The van der Waals surface area contributed by atoms with Crippen LogP contribution >= 0.6 is 0 Å². The maximum absolute atomic E-state index is 12.9. The number of rotatable bonds is 11. The van der Waals surface area contributed by atoms with E-state index in [1.54, 1.807) is 24.3 Å². The lowest BCUT2D eigenvalue weighted by Crippen LogP contribution is -2.46. The number of unbranched alkanes of at least 4 members (excludes halogenated alkanes) is 2. The summed E-state index contributed by atoms with van der Waals surface area (Å²) in [7, 11) is 0. The van der Waals surface area contributed by atoms with Crippen LogP contribution in [0.2, 0.25) is 0 Å². The number of anilines is 1. The van der Waals surface area contributed by atoms with Gasteiger partial charge in [0.05, 0.1) is 17.7 Å². The summed E-state index contributed by atoms with van der Waals surface area (Å²) in [5.41, 5.74) is 5.62. The first-order chi connectivity index (χ1) is 22.1. The van der Waals surface area contributed by atoms with Crippen molar-refractivity contribution in [1.29, 1.82) is 0 Å². The first-order valence-electron chi connectivity index (χ1n) is 16.9. The van der Waals surface area contributed by atoms with Crippen molar-refractivity contribution in [1.82, 2.24) is 14.8 Å². The predicted octanol–water partition coefficient (Wildman–Crippen LogP) is 6.06. The Labute approximate surface area is 273 Å². The maximum atomic E-state index is 12.9. The van der Waals surface area contributed by atoms with Crippen molar-refractivity contribution < 1.29 is 19.4 Å². The number of aliphatic hydroxyl groups excluding tert-OH is 1. The zero-order valence-electron chi connectivity index (χ0n) is 27.8. The Bertz CT molecular complexity index is 1560. The van der Waals surface area contributed by atoms with Crippen LogP contribution in [0.5, 0.6) is 5.75 Å². The Morgan fingerprint density at radius 1 is 0.783 bits per heavy atom. The summed E-state index contributed by atoms with van der Waals surface area (Å²) in [6, 6.07) is 17.8. The molecule has 8 heteroatoms. The van der Waals surface area contributed by atoms with E-state index >= 15 is 0 Å². The van der Waals surface area contributed by atoms with E-state index in [1.165, 1.54) is 16.0 Å². The third-order valence-electron chi connectivity index (χ3n) is 10.2. The van der Waals surface area contributed by atoms with E-state index in [-0.39, 0.29) is 42.4 Å². The second-order valence-electron chi connectivity index (χ2n) is 14.3. The zero-order valence-corrected chi connectivity index (χ0v) is 27.8. The molecular formula is C38H48N4O4. The smallest absolute Gasteiger partial charge is 0.261 e. The highest BCUT2D eigenvalue weighted by atomic mass is 16.5. The van der Waals surface area contributed by atoms with Gasteiger partial charge in [-0.3, -0.25) is 19.4 Å². The summed E-state index contributed by atoms with van der Waals surface area (Å²) in [6.45, 7) is 14.8. The van der Waals surface area contributed by atoms with Crippen molar-refractivity contribution in [2.45, 2.75) is 70.6 Å². The van der Waals surface area contributed by atoms with Crippen LogP contribution in [0.15, 0.2) is 54.6 Å². The van der Waals surface area contributed by atoms with E-state index in [1.807, 2.05) is 12.1 Å². The van der Waals surface area contributed by atoms with Gasteiger partial charge in [-0.15, -0.1) is 0 Å². The molecule has 3 heterocycles. The summed E-state index contributed by atoms with van der Waals surface area (Å²) in [5, 5.41) is 9.08. The molecule has 2 aromatic carbocycles. The van der Waals surface area contributed by atoms with Gasteiger partial charge in [-0.05, 0) is 90.9 Å². The van der Waals surface area contributed by atoms with Crippen molar-refractivity contribution >= 4 is 17.6 Å². The first kappa shape index (κ1) is 32.2. The normalized spacial score (nSPS) is 18.9. The van der Waals surface area contributed by atoms with Crippen LogP contribution in [0.25, 0.3) is 11.3 Å². The fourth-order valence-electron chi connectivity index (χ4n) is 7.19. The Balaban J connectivity index is 1.24. The molecule has 0 bridgehead atoms. The number of carbonyl (C=O) groups excluding carboxylic acids is 2. The molecule has 8 nitrogen and oxygen atoms in total. The number of benzene rings is 2. The molecule has 1 fully saturated rings. The SMILES string of the molecule is CC1(C)CCC(C)(C)c2cc(-c3nc(N4CCN(CCCCCO)CC4)ccc3OCCN3C(=O)c4ccccc4C3=O)ccc21. The molecule has 0 spiro atoms. The number of ether oxygens (including phenoxy) is 1. The molecule has 46 heavy (non-hydrogen) atoms. The van der Waals surface area contributed by atoms with Crippen molar-refractivity contribution in [3.63, 3.8) is 0 Å². The molecule has 244 valence electrons. The molecule has 6 rings (SSSR count). The minimum Gasteiger partial charge on any atom is -0.489 e. The van der Waals surface area contributed by atoms with Crippen molar-refractivity contribution in [2.75, 3.05) is 57.4 Å². The van der Waals surface area contributed by atoms with E-state index in [0.717, 1.165) is 81.9 Å². The zero-order chi connectivity index (χ0) is 32.5. The minimum atomic E-state index is -0.273. The Kier molecular flexibility index (Phi) is 9.22. The van der Waals surface area contributed by atoms with E-state index < -0.39 is 0 Å². The lowest BCUT2D eigenvalue weighted by atomic mass is 9.63. The number of hydrogen-bond acceptors (Lipinski definition) is 7.